The lowest BCUT2D eigenvalue weighted by Crippen LogP contribution is -2.39. The zero-order chi connectivity index (χ0) is 16.2. The first kappa shape index (κ1) is 17.3. The van der Waals surface area contributed by atoms with Gasteiger partial charge in [-0.2, -0.15) is 0 Å². The molecule has 6 heteroatoms. The van der Waals surface area contributed by atoms with E-state index in [0.717, 1.165) is 29.0 Å². The van der Waals surface area contributed by atoms with Gasteiger partial charge >= 0.3 is 6.09 Å². The molecule has 1 N–H and O–H groups in total. The first-order chi connectivity index (χ1) is 10.3. The molecule has 1 aliphatic heterocycles. The number of halogens is 1. The highest BCUT2D eigenvalue weighted by atomic mass is 127. The van der Waals surface area contributed by atoms with E-state index >= 15 is 0 Å². The molecule has 22 heavy (non-hydrogen) atoms. The maximum absolute atomic E-state index is 12.0. The van der Waals surface area contributed by atoms with Crippen molar-refractivity contribution in [2.24, 2.45) is 0 Å². The fourth-order valence-corrected chi connectivity index (χ4v) is 2.62. The number of hydrogen-bond donors (Lipinski definition) is 1. The van der Waals surface area contributed by atoms with Crippen molar-refractivity contribution in [2.75, 3.05) is 19.6 Å². The predicted octanol–water partition coefficient (Wildman–Crippen LogP) is 3.54. The number of hydrogen-bond acceptors (Lipinski definition) is 4. The zero-order valence-corrected chi connectivity index (χ0v) is 15.5. The quantitative estimate of drug-likeness (QED) is 0.601. The number of rotatable bonds is 4. The lowest BCUT2D eigenvalue weighted by atomic mass is 10.1. The van der Waals surface area contributed by atoms with Gasteiger partial charge in [0.05, 0.1) is 6.54 Å². The second-order valence-electron chi connectivity index (χ2n) is 6.35. The van der Waals surface area contributed by atoms with Crippen LogP contribution in [0, 0.1) is 3.77 Å². The van der Waals surface area contributed by atoms with Gasteiger partial charge in [-0.3, -0.25) is 0 Å². The van der Waals surface area contributed by atoms with Crippen LogP contribution in [0.25, 0.3) is 0 Å². The van der Waals surface area contributed by atoms with E-state index in [1.807, 2.05) is 32.9 Å². The van der Waals surface area contributed by atoms with Gasteiger partial charge in [0.25, 0.3) is 0 Å². The van der Waals surface area contributed by atoms with Gasteiger partial charge in [0.2, 0.25) is 0 Å². The molecule has 0 bridgehead atoms. The van der Waals surface area contributed by atoms with E-state index in [2.05, 4.69) is 34.0 Å². The van der Waals surface area contributed by atoms with E-state index in [1.54, 1.807) is 4.90 Å². The Balaban J connectivity index is 1.73. The Labute approximate surface area is 145 Å². The SMILES string of the molecule is CC(C)(C)OC(=O)N1CC=C(CNCc2ccc(I)o2)CC1. The second-order valence-corrected chi connectivity index (χ2v) is 7.41. The molecule has 2 heterocycles. The highest BCUT2D eigenvalue weighted by molar-refractivity contribution is 14.1. The summed E-state index contributed by atoms with van der Waals surface area (Å²) in [4.78, 5) is 13.7. The van der Waals surface area contributed by atoms with Gasteiger partial charge in [0.15, 0.2) is 3.77 Å². The van der Waals surface area contributed by atoms with Crippen molar-refractivity contribution in [3.63, 3.8) is 0 Å². The van der Waals surface area contributed by atoms with Crippen LogP contribution >= 0.6 is 22.6 Å². The molecular weight excluding hydrogens is 395 g/mol. The molecule has 1 aromatic rings. The minimum Gasteiger partial charge on any atom is -0.454 e. The Morgan fingerprint density at radius 3 is 2.73 bits per heavy atom. The van der Waals surface area contributed by atoms with Crippen LogP contribution in [0.15, 0.2) is 28.2 Å². The van der Waals surface area contributed by atoms with Crippen LogP contribution in [0.5, 0.6) is 0 Å². The highest BCUT2D eigenvalue weighted by Gasteiger charge is 2.23. The molecule has 2 rings (SSSR count). The molecule has 1 aliphatic rings. The molecule has 0 spiro atoms. The van der Waals surface area contributed by atoms with Gasteiger partial charge in [0, 0.05) is 19.6 Å². The van der Waals surface area contributed by atoms with Gasteiger partial charge < -0.3 is 19.4 Å². The zero-order valence-electron chi connectivity index (χ0n) is 13.3. The largest absolute Gasteiger partial charge is 0.454 e. The maximum Gasteiger partial charge on any atom is 0.410 e. The van der Waals surface area contributed by atoms with Gasteiger partial charge in [-0.05, 0) is 61.9 Å². The number of amides is 1. The fraction of sp³-hybridized carbons (Fsp3) is 0.562. The van der Waals surface area contributed by atoms with Crippen molar-refractivity contribution in [3.8, 4) is 0 Å². The molecule has 0 fully saturated rings. The summed E-state index contributed by atoms with van der Waals surface area (Å²) >= 11 is 2.16. The summed E-state index contributed by atoms with van der Waals surface area (Å²) in [5.74, 6) is 0.941. The Kier molecular flexibility index (Phi) is 5.91. The minimum absolute atomic E-state index is 0.235. The summed E-state index contributed by atoms with van der Waals surface area (Å²) in [6.45, 7) is 8.52. The van der Waals surface area contributed by atoms with Gasteiger partial charge in [-0.25, -0.2) is 4.79 Å². The number of nitrogens with zero attached hydrogens (tertiary/aromatic N) is 1. The monoisotopic (exact) mass is 418 g/mol. The maximum atomic E-state index is 12.0. The number of furan rings is 1. The Morgan fingerprint density at radius 2 is 2.18 bits per heavy atom. The van der Waals surface area contributed by atoms with Crippen LogP contribution in [-0.4, -0.2) is 36.2 Å². The van der Waals surface area contributed by atoms with Crippen LogP contribution in [0.3, 0.4) is 0 Å². The molecule has 0 atom stereocenters. The number of carbonyl (C=O) groups is 1. The third-order valence-corrected chi connectivity index (χ3v) is 3.81. The average Bonchev–Trinajstić information content (AvgIpc) is 2.83. The third kappa shape index (κ3) is 5.64. The summed E-state index contributed by atoms with van der Waals surface area (Å²) in [5, 5.41) is 3.37. The Bertz CT molecular complexity index is 546. The second kappa shape index (κ2) is 7.50. The van der Waals surface area contributed by atoms with Crippen LogP contribution in [-0.2, 0) is 11.3 Å². The number of nitrogens with one attached hydrogen (secondary N) is 1. The van der Waals surface area contributed by atoms with Crippen LogP contribution in [0.1, 0.15) is 33.0 Å². The Morgan fingerprint density at radius 1 is 1.41 bits per heavy atom. The van der Waals surface area contributed by atoms with E-state index < -0.39 is 5.60 Å². The molecule has 0 unspecified atom stereocenters. The number of carbonyl (C=O) groups excluding carboxylic acids is 1. The average molecular weight is 418 g/mol. The first-order valence-electron chi connectivity index (χ1n) is 7.44. The molecule has 5 nitrogen and oxygen atoms in total. The topological polar surface area (TPSA) is 54.7 Å². The van der Waals surface area contributed by atoms with Crippen molar-refractivity contribution >= 4 is 28.7 Å². The molecule has 1 amide bonds. The van der Waals surface area contributed by atoms with E-state index in [9.17, 15) is 4.79 Å². The van der Waals surface area contributed by atoms with E-state index in [4.69, 9.17) is 9.15 Å². The molecule has 0 aliphatic carbocycles. The van der Waals surface area contributed by atoms with Crippen LogP contribution in [0.4, 0.5) is 4.79 Å². The third-order valence-electron chi connectivity index (χ3n) is 3.24. The number of ether oxygens (including phenoxy) is 1. The molecule has 0 saturated carbocycles. The van der Waals surface area contributed by atoms with Gasteiger partial charge in [-0.1, -0.05) is 11.6 Å². The highest BCUT2D eigenvalue weighted by Crippen LogP contribution is 2.15. The smallest absolute Gasteiger partial charge is 0.410 e. The summed E-state index contributed by atoms with van der Waals surface area (Å²) in [7, 11) is 0. The molecule has 1 aromatic heterocycles. The Hall–Kier alpha value is -1.02. The van der Waals surface area contributed by atoms with Crippen molar-refractivity contribution in [1.82, 2.24) is 10.2 Å². The summed E-state index contributed by atoms with van der Waals surface area (Å²) in [5.41, 5.74) is 0.879. The van der Waals surface area contributed by atoms with Crippen molar-refractivity contribution < 1.29 is 13.9 Å². The van der Waals surface area contributed by atoms with Crippen molar-refractivity contribution in [1.29, 1.82) is 0 Å². The van der Waals surface area contributed by atoms with Gasteiger partial charge in [0.1, 0.15) is 11.4 Å². The van der Waals surface area contributed by atoms with Crippen LogP contribution in [0.2, 0.25) is 0 Å². The van der Waals surface area contributed by atoms with Gasteiger partial charge in [-0.15, -0.1) is 0 Å². The van der Waals surface area contributed by atoms with Crippen molar-refractivity contribution in [2.45, 2.75) is 39.3 Å². The molecule has 0 saturated heterocycles. The lowest BCUT2D eigenvalue weighted by molar-refractivity contribution is 0.0265. The van der Waals surface area contributed by atoms with E-state index in [-0.39, 0.29) is 6.09 Å². The standard InChI is InChI=1S/C16H23IN2O3/c1-16(2,3)22-15(20)19-8-6-12(7-9-19)10-18-11-13-4-5-14(17)21-13/h4-6,18H,7-11H2,1-3H3. The molecule has 0 radical (unpaired) electrons. The predicted molar refractivity (Wildman–Crippen MR) is 93.6 cm³/mol. The fourth-order valence-electron chi connectivity index (χ4n) is 2.16. The normalized spacial score (nSPS) is 15.6. The van der Waals surface area contributed by atoms with Crippen molar-refractivity contribution in [3.05, 3.63) is 33.3 Å². The van der Waals surface area contributed by atoms with E-state index in [1.165, 1.54) is 5.57 Å². The lowest BCUT2D eigenvalue weighted by Gasteiger charge is -2.29. The molecule has 0 aromatic carbocycles. The molecular formula is C16H23IN2O3. The van der Waals surface area contributed by atoms with E-state index in [0.29, 0.717) is 13.1 Å². The minimum atomic E-state index is -0.441. The first-order valence-corrected chi connectivity index (χ1v) is 8.52. The summed E-state index contributed by atoms with van der Waals surface area (Å²) < 4.78 is 11.8. The van der Waals surface area contributed by atoms with Crippen LogP contribution < -0.4 is 5.32 Å². The summed E-state index contributed by atoms with van der Waals surface area (Å²) in [6, 6.07) is 3.93. The molecule has 122 valence electrons. The summed E-state index contributed by atoms with van der Waals surface area (Å²) in [6.07, 6.45) is 2.75.